The molecule has 0 fully saturated rings. The molecule has 10 heteroatoms. The van der Waals surface area contributed by atoms with Gasteiger partial charge >= 0.3 is 6.61 Å². The first-order valence-corrected chi connectivity index (χ1v) is 11.5. The number of para-hydroxylation sites is 2. The zero-order chi connectivity index (χ0) is 22.5. The highest BCUT2D eigenvalue weighted by Gasteiger charge is 2.14. The van der Waals surface area contributed by atoms with Crippen molar-refractivity contribution in [1.82, 2.24) is 9.97 Å². The number of rotatable bonds is 8. The van der Waals surface area contributed by atoms with Crippen molar-refractivity contribution in [3.05, 3.63) is 76.2 Å². The number of thiophene rings is 1. The van der Waals surface area contributed by atoms with Crippen molar-refractivity contribution in [3.63, 3.8) is 0 Å². The summed E-state index contributed by atoms with van der Waals surface area (Å²) in [5, 5.41) is 5.01. The molecule has 4 rings (SSSR count). The number of anilines is 1. The van der Waals surface area contributed by atoms with Crippen LogP contribution in [0.3, 0.4) is 0 Å². The summed E-state index contributed by atoms with van der Waals surface area (Å²) >= 11 is 2.64. The van der Waals surface area contributed by atoms with Crippen molar-refractivity contribution in [3.8, 4) is 16.9 Å². The molecule has 2 N–H and O–H groups in total. The predicted molar refractivity (Wildman–Crippen MR) is 124 cm³/mol. The van der Waals surface area contributed by atoms with Crippen molar-refractivity contribution in [1.29, 1.82) is 0 Å². The molecule has 0 saturated heterocycles. The number of thioether (sulfide) groups is 1. The fraction of sp³-hybridized carbons (Fsp3) is 0.136. The lowest BCUT2D eigenvalue weighted by atomic mass is 10.1. The Bertz CT molecular complexity index is 1290. The number of aromatic amines is 1. The van der Waals surface area contributed by atoms with Gasteiger partial charge in [0.05, 0.1) is 22.6 Å². The molecule has 164 valence electrons. The number of halogens is 2. The Balaban J connectivity index is 1.40. The van der Waals surface area contributed by atoms with E-state index in [4.69, 9.17) is 0 Å². The minimum Gasteiger partial charge on any atom is -0.433 e. The van der Waals surface area contributed by atoms with Gasteiger partial charge < -0.3 is 15.0 Å². The Kier molecular flexibility index (Phi) is 6.81. The molecule has 2 heterocycles. The van der Waals surface area contributed by atoms with Gasteiger partial charge in [-0.1, -0.05) is 42.5 Å². The molecule has 0 spiro atoms. The number of carbonyl (C=O) groups is 1. The van der Waals surface area contributed by atoms with E-state index in [1.165, 1.54) is 41.3 Å². The summed E-state index contributed by atoms with van der Waals surface area (Å²) in [5.41, 5.74) is 1.72. The monoisotopic (exact) mass is 473 g/mol. The number of carbonyl (C=O) groups excluding carboxylic acids is 1. The number of nitrogens with zero attached hydrogens (tertiary/aromatic N) is 1. The van der Waals surface area contributed by atoms with Crippen LogP contribution in [0.2, 0.25) is 0 Å². The molecule has 6 nitrogen and oxygen atoms in total. The van der Waals surface area contributed by atoms with Crippen LogP contribution in [0.5, 0.6) is 5.75 Å². The van der Waals surface area contributed by atoms with E-state index in [1.54, 1.807) is 6.07 Å². The Morgan fingerprint density at radius 3 is 2.69 bits per heavy atom. The predicted octanol–water partition coefficient (Wildman–Crippen LogP) is 5.12. The average molecular weight is 474 g/mol. The number of ether oxygens (including phenoxy) is 1. The maximum absolute atomic E-state index is 12.7. The standard InChI is InChI=1S/C22H17F2N3O3S2/c23-22(24)30-16-9-5-4-8-15(16)25-18(28)12-31-11-17-26-20(29)19-14(10-32-21(19)27-17)13-6-2-1-3-7-13/h1-10,22H,11-12H2,(H,25,28)(H,26,27,29). The van der Waals surface area contributed by atoms with E-state index in [1.807, 2.05) is 35.7 Å². The first-order chi connectivity index (χ1) is 15.5. The van der Waals surface area contributed by atoms with Crippen molar-refractivity contribution >= 4 is 44.9 Å². The van der Waals surface area contributed by atoms with Gasteiger partial charge in [0.15, 0.2) is 0 Å². The number of H-pyrrole nitrogens is 1. The second-order valence-electron chi connectivity index (χ2n) is 6.62. The Morgan fingerprint density at radius 2 is 1.91 bits per heavy atom. The summed E-state index contributed by atoms with van der Waals surface area (Å²) in [5.74, 6) is 0.329. The lowest BCUT2D eigenvalue weighted by Crippen LogP contribution is -2.16. The molecule has 0 saturated carbocycles. The van der Waals surface area contributed by atoms with Crippen molar-refractivity contribution in [2.24, 2.45) is 0 Å². The molecule has 2 aromatic heterocycles. The zero-order valence-corrected chi connectivity index (χ0v) is 18.1. The van der Waals surface area contributed by atoms with Gasteiger partial charge in [0, 0.05) is 10.9 Å². The van der Waals surface area contributed by atoms with E-state index in [0.29, 0.717) is 21.8 Å². The molecule has 0 unspecified atom stereocenters. The van der Waals surface area contributed by atoms with Gasteiger partial charge in [-0.2, -0.15) is 8.78 Å². The quantitative estimate of drug-likeness (QED) is 0.371. The number of hydrogen-bond acceptors (Lipinski definition) is 6. The van der Waals surface area contributed by atoms with Crippen LogP contribution in [0.4, 0.5) is 14.5 Å². The Hall–Kier alpha value is -3.24. The fourth-order valence-electron chi connectivity index (χ4n) is 3.09. The molecule has 0 bridgehead atoms. The average Bonchev–Trinajstić information content (AvgIpc) is 3.20. The van der Waals surface area contributed by atoms with Crippen LogP contribution >= 0.6 is 23.1 Å². The third kappa shape index (κ3) is 5.14. The molecule has 0 atom stereocenters. The SMILES string of the molecule is O=C(CSCc1nc2scc(-c3ccccc3)c2c(=O)[nH]1)Nc1ccccc1OC(F)F. The summed E-state index contributed by atoms with van der Waals surface area (Å²) in [6.07, 6.45) is 0. The van der Waals surface area contributed by atoms with Crippen molar-refractivity contribution in [2.75, 3.05) is 11.1 Å². The lowest BCUT2D eigenvalue weighted by Gasteiger charge is -2.11. The molecule has 0 aliphatic heterocycles. The molecular weight excluding hydrogens is 456 g/mol. The van der Waals surface area contributed by atoms with Gasteiger partial charge in [-0.15, -0.1) is 23.1 Å². The maximum atomic E-state index is 12.7. The van der Waals surface area contributed by atoms with Crippen molar-refractivity contribution in [2.45, 2.75) is 12.4 Å². The summed E-state index contributed by atoms with van der Waals surface area (Å²) in [6.45, 7) is -2.99. The smallest absolute Gasteiger partial charge is 0.387 e. The van der Waals surface area contributed by atoms with Gasteiger partial charge in [-0.25, -0.2) is 4.98 Å². The second kappa shape index (κ2) is 9.92. The Labute approximate surface area is 189 Å². The maximum Gasteiger partial charge on any atom is 0.387 e. The number of benzene rings is 2. The number of nitrogens with one attached hydrogen (secondary N) is 2. The number of aromatic nitrogens is 2. The minimum atomic E-state index is -2.99. The van der Waals surface area contributed by atoms with Gasteiger partial charge in [0.25, 0.3) is 5.56 Å². The number of fused-ring (bicyclic) bond motifs is 1. The highest BCUT2D eigenvalue weighted by atomic mass is 32.2. The number of amides is 1. The third-order valence-corrected chi connectivity index (χ3v) is 6.24. The Morgan fingerprint density at radius 1 is 1.16 bits per heavy atom. The van der Waals surface area contributed by atoms with E-state index >= 15 is 0 Å². The first kappa shape index (κ1) is 22.0. The number of alkyl halides is 2. The number of hydrogen-bond donors (Lipinski definition) is 2. The summed E-state index contributed by atoms with van der Waals surface area (Å²) in [6, 6.07) is 15.6. The van der Waals surface area contributed by atoms with Gasteiger partial charge in [0.2, 0.25) is 5.91 Å². The van der Waals surface area contributed by atoms with Crippen LogP contribution in [0.15, 0.2) is 64.8 Å². The second-order valence-corrected chi connectivity index (χ2v) is 8.47. The van der Waals surface area contributed by atoms with E-state index < -0.39 is 6.61 Å². The van der Waals surface area contributed by atoms with E-state index in [0.717, 1.165) is 11.1 Å². The van der Waals surface area contributed by atoms with Gasteiger partial charge in [-0.3, -0.25) is 9.59 Å². The molecular formula is C22H17F2N3O3S2. The normalized spacial score (nSPS) is 11.1. The lowest BCUT2D eigenvalue weighted by molar-refractivity contribution is -0.113. The minimum absolute atomic E-state index is 0.0461. The highest BCUT2D eigenvalue weighted by molar-refractivity contribution is 7.99. The highest BCUT2D eigenvalue weighted by Crippen LogP contribution is 2.31. The molecule has 32 heavy (non-hydrogen) atoms. The topological polar surface area (TPSA) is 84.1 Å². The molecule has 1 amide bonds. The van der Waals surface area contributed by atoms with Crippen LogP contribution in [-0.2, 0) is 10.5 Å². The van der Waals surface area contributed by atoms with Crippen LogP contribution in [0.1, 0.15) is 5.82 Å². The molecule has 4 aromatic rings. The van der Waals surface area contributed by atoms with E-state index in [9.17, 15) is 18.4 Å². The molecule has 0 radical (unpaired) electrons. The largest absolute Gasteiger partial charge is 0.433 e. The van der Waals surface area contributed by atoms with E-state index in [2.05, 4.69) is 20.0 Å². The fourth-order valence-corrected chi connectivity index (χ4v) is 4.74. The summed E-state index contributed by atoms with van der Waals surface area (Å²) < 4.78 is 29.4. The molecule has 2 aromatic carbocycles. The third-order valence-electron chi connectivity index (χ3n) is 4.43. The van der Waals surface area contributed by atoms with E-state index in [-0.39, 0.29) is 28.7 Å². The molecule has 0 aliphatic rings. The van der Waals surface area contributed by atoms with Gasteiger partial charge in [-0.05, 0) is 17.7 Å². The van der Waals surface area contributed by atoms with Crippen LogP contribution in [0, 0.1) is 0 Å². The van der Waals surface area contributed by atoms with Crippen molar-refractivity contribution < 1.29 is 18.3 Å². The molecule has 0 aliphatic carbocycles. The summed E-state index contributed by atoms with van der Waals surface area (Å²) in [4.78, 5) is 32.8. The summed E-state index contributed by atoms with van der Waals surface area (Å²) in [7, 11) is 0. The van der Waals surface area contributed by atoms with Crippen LogP contribution < -0.4 is 15.6 Å². The van der Waals surface area contributed by atoms with Crippen LogP contribution in [0.25, 0.3) is 21.3 Å². The van der Waals surface area contributed by atoms with Gasteiger partial charge in [0.1, 0.15) is 16.4 Å². The first-order valence-electron chi connectivity index (χ1n) is 9.48. The van der Waals surface area contributed by atoms with Crippen LogP contribution in [-0.4, -0.2) is 28.2 Å². The zero-order valence-electron chi connectivity index (χ0n) is 16.5.